The Morgan fingerprint density at radius 3 is 2.72 bits per heavy atom. The van der Waals surface area contributed by atoms with E-state index in [9.17, 15) is 5.11 Å². The zero-order chi connectivity index (χ0) is 18.4. The van der Waals surface area contributed by atoms with Crippen molar-refractivity contribution in [3.05, 3.63) is 35.4 Å². The van der Waals surface area contributed by atoms with Crippen molar-refractivity contribution in [2.24, 2.45) is 10.9 Å². The summed E-state index contributed by atoms with van der Waals surface area (Å²) in [6.07, 6.45) is -0.580. The summed E-state index contributed by atoms with van der Waals surface area (Å²) in [5.74, 6) is 1.37. The van der Waals surface area contributed by atoms with Crippen LogP contribution < -0.4 is 10.6 Å². The van der Waals surface area contributed by atoms with Crippen molar-refractivity contribution in [1.82, 2.24) is 15.5 Å². The lowest BCUT2D eigenvalue weighted by Gasteiger charge is -2.22. The van der Waals surface area contributed by atoms with Gasteiger partial charge in [0, 0.05) is 31.7 Å². The Bertz CT molecular complexity index is 573. The van der Waals surface area contributed by atoms with Crippen LogP contribution in [0.5, 0.6) is 0 Å². The zero-order valence-electron chi connectivity index (χ0n) is 16.3. The third-order valence-corrected chi connectivity index (χ3v) is 4.89. The number of aliphatic hydroxyl groups excluding tert-OH is 1. The first-order valence-electron chi connectivity index (χ1n) is 9.44. The first-order valence-corrected chi connectivity index (χ1v) is 9.44. The van der Waals surface area contributed by atoms with E-state index < -0.39 is 6.10 Å². The zero-order valence-corrected chi connectivity index (χ0v) is 16.3. The lowest BCUT2D eigenvalue weighted by molar-refractivity contribution is 0.187. The fraction of sp³-hybridized carbons (Fsp3) is 0.650. The van der Waals surface area contributed by atoms with Crippen LogP contribution in [0.1, 0.15) is 44.9 Å². The highest BCUT2D eigenvalue weighted by Gasteiger charge is 2.31. The molecule has 140 valence electrons. The molecule has 0 aliphatic carbocycles. The Balaban J connectivity index is 1.98. The minimum absolute atomic E-state index is 0.355. The molecule has 0 aromatic heterocycles. The Morgan fingerprint density at radius 1 is 1.36 bits per heavy atom. The van der Waals surface area contributed by atoms with Crippen LogP contribution in [0.15, 0.2) is 29.3 Å². The second-order valence-electron chi connectivity index (χ2n) is 7.43. The molecule has 0 radical (unpaired) electrons. The van der Waals surface area contributed by atoms with Gasteiger partial charge in [0.15, 0.2) is 5.96 Å². The van der Waals surface area contributed by atoms with Crippen LogP contribution in [0.4, 0.5) is 0 Å². The summed E-state index contributed by atoms with van der Waals surface area (Å²) in [6, 6.07) is 8.93. The van der Waals surface area contributed by atoms with Crippen LogP contribution >= 0.6 is 0 Å². The Hall–Kier alpha value is -1.59. The molecular weight excluding hydrogens is 312 g/mol. The SMILES string of the molecule is CCNC(=NCC(O)c1cccc(C)c1)NC1CN(C(C)C)CC1C. The molecule has 0 spiro atoms. The van der Waals surface area contributed by atoms with Crippen molar-refractivity contribution in [3.8, 4) is 0 Å². The van der Waals surface area contributed by atoms with Gasteiger partial charge in [-0.1, -0.05) is 36.8 Å². The molecule has 3 unspecified atom stereocenters. The third kappa shape index (κ3) is 5.72. The van der Waals surface area contributed by atoms with Gasteiger partial charge in [0.2, 0.25) is 0 Å². The van der Waals surface area contributed by atoms with Crippen molar-refractivity contribution in [1.29, 1.82) is 0 Å². The standard InChI is InChI=1S/C20H34N4O/c1-6-21-20(23-18-13-24(14(2)3)12-16(18)5)22-11-19(25)17-9-7-8-15(4)10-17/h7-10,14,16,18-19,25H,6,11-13H2,1-5H3,(H2,21,22,23). The fourth-order valence-corrected chi connectivity index (χ4v) is 3.27. The van der Waals surface area contributed by atoms with Gasteiger partial charge in [0.1, 0.15) is 0 Å². The van der Waals surface area contributed by atoms with Crippen LogP contribution in [0.3, 0.4) is 0 Å². The average Bonchev–Trinajstić information content (AvgIpc) is 2.93. The van der Waals surface area contributed by atoms with Gasteiger partial charge < -0.3 is 15.7 Å². The molecule has 0 amide bonds. The van der Waals surface area contributed by atoms with Gasteiger partial charge in [0.25, 0.3) is 0 Å². The quantitative estimate of drug-likeness (QED) is 0.546. The minimum Gasteiger partial charge on any atom is -0.386 e. The molecule has 0 saturated carbocycles. The highest BCUT2D eigenvalue weighted by Crippen LogP contribution is 2.19. The smallest absolute Gasteiger partial charge is 0.191 e. The van der Waals surface area contributed by atoms with E-state index in [0.29, 0.717) is 24.5 Å². The van der Waals surface area contributed by atoms with E-state index >= 15 is 0 Å². The molecule has 1 saturated heterocycles. The first kappa shape index (κ1) is 19.7. The molecule has 1 aliphatic heterocycles. The summed E-state index contributed by atoms with van der Waals surface area (Å²) >= 11 is 0. The summed E-state index contributed by atoms with van der Waals surface area (Å²) in [5, 5.41) is 17.3. The fourth-order valence-electron chi connectivity index (χ4n) is 3.27. The number of rotatable bonds is 6. The molecule has 5 nitrogen and oxygen atoms in total. The number of aliphatic hydroxyl groups is 1. The molecule has 0 bridgehead atoms. The average molecular weight is 347 g/mol. The molecule has 3 N–H and O–H groups in total. The van der Waals surface area contributed by atoms with Crippen LogP contribution in [-0.4, -0.2) is 54.2 Å². The first-order chi connectivity index (χ1) is 11.9. The number of nitrogens with one attached hydrogen (secondary N) is 2. The molecule has 3 atom stereocenters. The van der Waals surface area contributed by atoms with E-state index in [1.54, 1.807) is 0 Å². The number of likely N-dealkylation sites (tertiary alicyclic amines) is 1. The normalized spacial score (nSPS) is 23.1. The minimum atomic E-state index is -0.580. The van der Waals surface area contributed by atoms with E-state index in [1.165, 1.54) is 0 Å². The second-order valence-corrected chi connectivity index (χ2v) is 7.43. The topological polar surface area (TPSA) is 59.9 Å². The summed E-state index contributed by atoms with van der Waals surface area (Å²) in [7, 11) is 0. The van der Waals surface area contributed by atoms with Gasteiger partial charge in [-0.05, 0) is 39.2 Å². The van der Waals surface area contributed by atoms with Crippen molar-refractivity contribution >= 4 is 5.96 Å². The molecule has 1 fully saturated rings. The van der Waals surface area contributed by atoms with Crippen LogP contribution in [0, 0.1) is 12.8 Å². The van der Waals surface area contributed by atoms with E-state index in [1.807, 2.05) is 31.2 Å². The largest absolute Gasteiger partial charge is 0.386 e. The number of hydrogen-bond donors (Lipinski definition) is 3. The van der Waals surface area contributed by atoms with Gasteiger partial charge in [-0.2, -0.15) is 0 Å². The third-order valence-electron chi connectivity index (χ3n) is 4.89. The molecule has 1 aromatic rings. The number of benzene rings is 1. The monoisotopic (exact) mass is 346 g/mol. The predicted octanol–water partition coefficient (Wildman–Crippen LogP) is 2.31. The molecular formula is C20H34N4O. The van der Waals surface area contributed by atoms with Crippen molar-refractivity contribution < 1.29 is 5.11 Å². The van der Waals surface area contributed by atoms with Gasteiger partial charge in [0.05, 0.1) is 12.6 Å². The number of guanidine groups is 1. The summed E-state index contributed by atoms with van der Waals surface area (Å²) in [4.78, 5) is 7.11. The van der Waals surface area contributed by atoms with Crippen LogP contribution in [0.25, 0.3) is 0 Å². The van der Waals surface area contributed by atoms with Crippen LogP contribution in [0.2, 0.25) is 0 Å². The van der Waals surface area contributed by atoms with Crippen molar-refractivity contribution in [3.63, 3.8) is 0 Å². The maximum absolute atomic E-state index is 10.4. The Labute approximate surface area is 152 Å². The Morgan fingerprint density at radius 2 is 2.12 bits per heavy atom. The highest BCUT2D eigenvalue weighted by molar-refractivity contribution is 5.80. The summed E-state index contributed by atoms with van der Waals surface area (Å²) in [5.41, 5.74) is 2.07. The van der Waals surface area contributed by atoms with Crippen molar-refractivity contribution in [2.45, 2.75) is 52.8 Å². The van der Waals surface area contributed by atoms with E-state index in [2.05, 4.69) is 48.2 Å². The van der Waals surface area contributed by atoms with Crippen LogP contribution in [-0.2, 0) is 0 Å². The Kier molecular flexibility index (Phi) is 7.26. The van der Waals surface area contributed by atoms with Gasteiger partial charge in [-0.25, -0.2) is 0 Å². The lowest BCUT2D eigenvalue weighted by Crippen LogP contribution is -2.47. The van der Waals surface area contributed by atoms with Gasteiger partial charge in [-0.3, -0.25) is 9.89 Å². The molecule has 1 aromatic carbocycles. The van der Waals surface area contributed by atoms with Gasteiger partial charge >= 0.3 is 0 Å². The van der Waals surface area contributed by atoms with Crippen molar-refractivity contribution in [2.75, 3.05) is 26.2 Å². The highest BCUT2D eigenvalue weighted by atomic mass is 16.3. The molecule has 1 aliphatic rings. The lowest BCUT2D eigenvalue weighted by atomic mass is 10.1. The number of aryl methyl sites for hydroxylation is 1. The van der Waals surface area contributed by atoms with Gasteiger partial charge in [-0.15, -0.1) is 0 Å². The van der Waals surface area contributed by atoms with E-state index in [0.717, 1.165) is 36.7 Å². The molecule has 5 heteroatoms. The molecule has 2 rings (SSSR count). The molecule has 25 heavy (non-hydrogen) atoms. The van der Waals surface area contributed by atoms with E-state index in [-0.39, 0.29) is 0 Å². The summed E-state index contributed by atoms with van der Waals surface area (Å²) < 4.78 is 0. The maximum atomic E-state index is 10.4. The predicted molar refractivity (Wildman–Crippen MR) is 105 cm³/mol. The van der Waals surface area contributed by atoms with E-state index in [4.69, 9.17) is 0 Å². The second kappa shape index (κ2) is 9.20. The number of nitrogens with zero attached hydrogens (tertiary/aromatic N) is 2. The number of hydrogen-bond acceptors (Lipinski definition) is 3. The number of aliphatic imine (C=N–C) groups is 1. The molecule has 1 heterocycles. The summed E-state index contributed by atoms with van der Waals surface area (Å²) in [6.45, 7) is 14.2. The maximum Gasteiger partial charge on any atom is 0.191 e.